The van der Waals surface area contributed by atoms with Crippen LogP contribution in [0.3, 0.4) is 0 Å². The number of ketones is 2. The van der Waals surface area contributed by atoms with Crippen LogP contribution >= 0.6 is 0 Å². The third-order valence-electron chi connectivity index (χ3n) is 20.7. The number of anilines is 4. The summed E-state index contributed by atoms with van der Waals surface area (Å²) < 4.78 is 127. The quantitative estimate of drug-likeness (QED) is 0.00780. The lowest BCUT2D eigenvalue weighted by atomic mass is 9.89. The zero-order valence-corrected chi connectivity index (χ0v) is 76.1. The van der Waals surface area contributed by atoms with Crippen molar-refractivity contribution in [2.75, 3.05) is 35.9 Å². The van der Waals surface area contributed by atoms with E-state index < -0.39 is 17.9 Å². The molecule has 3 amide bonds. The molecule has 0 saturated carbocycles. The van der Waals surface area contributed by atoms with Crippen molar-refractivity contribution in [1.29, 1.82) is 0 Å². The third kappa shape index (κ3) is 39.7. The first-order chi connectivity index (χ1) is 61.8. The summed E-state index contributed by atoms with van der Waals surface area (Å²) in [5.41, 5.74) is 21.7. The third-order valence-corrected chi connectivity index (χ3v) is 20.7. The van der Waals surface area contributed by atoms with Crippen molar-refractivity contribution in [3.8, 4) is 0 Å². The Balaban J connectivity index is 0.000000310. The van der Waals surface area contributed by atoms with Crippen LogP contribution in [0.15, 0.2) is 139 Å². The number of nitrogens with zero attached hydrogens (tertiary/aromatic N) is 1. The number of methoxy groups -OCH3 is 2. The maximum absolute atomic E-state index is 13.5. The summed E-state index contributed by atoms with van der Waals surface area (Å²) in [6.45, 7) is 17.9. The minimum Gasteiger partial charge on any atom is -0.481 e. The Labute approximate surface area is 757 Å². The van der Waals surface area contributed by atoms with E-state index in [1.807, 2.05) is 18.2 Å². The van der Waals surface area contributed by atoms with E-state index in [-0.39, 0.29) is 119 Å². The number of aliphatic carboxylic acids is 3. The fourth-order valence-corrected chi connectivity index (χ4v) is 13.4. The molecule has 30 heteroatoms. The predicted molar refractivity (Wildman–Crippen MR) is 486 cm³/mol. The molecule has 12 rings (SSSR count). The van der Waals surface area contributed by atoms with Crippen LogP contribution in [-0.2, 0) is 92.8 Å². The van der Waals surface area contributed by atoms with Gasteiger partial charge in [0.1, 0.15) is 52.4 Å². The van der Waals surface area contributed by atoms with Crippen molar-refractivity contribution in [3.05, 3.63) is 292 Å². The first kappa shape index (κ1) is 110. The number of rotatable bonds is 22. The van der Waals surface area contributed by atoms with Crippen LogP contribution in [0.5, 0.6) is 0 Å². The summed E-state index contributed by atoms with van der Waals surface area (Å²) in [5, 5.41) is 45.2. The number of esters is 2. The van der Waals surface area contributed by atoms with Crippen molar-refractivity contribution < 1.29 is 117 Å². The van der Waals surface area contributed by atoms with Gasteiger partial charge in [-0.15, -0.1) is 0 Å². The van der Waals surface area contributed by atoms with Gasteiger partial charge in [0.15, 0.2) is 11.6 Å². The maximum Gasteiger partial charge on any atom is 0.305 e. The van der Waals surface area contributed by atoms with E-state index in [2.05, 4.69) is 30.6 Å². The molecule has 2 aliphatic carbocycles. The smallest absolute Gasteiger partial charge is 0.305 e. The van der Waals surface area contributed by atoms with Gasteiger partial charge in [0.25, 0.3) is 0 Å². The molecule has 0 fully saturated rings. The number of nitrogen functional groups attached to an aromatic ring is 1. The molecule has 1 heterocycles. The normalized spacial score (nSPS) is 12.1. The van der Waals surface area contributed by atoms with Crippen LogP contribution in [0, 0.1) is 115 Å². The van der Waals surface area contributed by atoms with E-state index in [1.54, 1.807) is 111 Å². The van der Waals surface area contributed by atoms with Crippen LogP contribution in [0.25, 0.3) is 0 Å². The summed E-state index contributed by atoms with van der Waals surface area (Å²) in [5.74, 6) is -6.45. The number of hydrogen-bond donors (Lipinski definition) is 8. The highest BCUT2D eigenvalue weighted by molar-refractivity contribution is 6.02. The maximum atomic E-state index is 13.5. The van der Waals surface area contributed by atoms with Crippen LogP contribution < -0.4 is 21.7 Å². The highest BCUT2D eigenvalue weighted by Crippen LogP contribution is 2.30. The predicted octanol–water partition coefficient (Wildman–Crippen LogP) is 21.9. The Morgan fingerprint density at radius 1 is 0.397 bits per heavy atom. The Kier molecular flexibility index (Phi) is 47.2. The molecule has 9 aromatic rings. The second-order valence-corrected chi connectivity index (χ2v) is 31.5. The first-order valence-corrected chi connectivity index (χ1v) is 42.5. The molecule has 0 atom stereocenters. The Morgan fingerprint density at radius 2 is 0.794 bits per heavy atom. The molecule has 0 radical (unpaired) electrons. The Morgan fingerprint density at radius 3 is 1.27 bits per heavy atom. The molecule has 0 unspecified atom stereocenters. The van der Waals surface area contributed by atoms with E-state index >= 15 is 0 Å². The summed E-state index contributed by atoms with van der Waals surface area (Å²) in [4.78, 5) is 109. The van der Waals surface area contributed by atoms with Gasteiger partial charge in [-0.2, -0.15) is 0 Å². The van der Waals surface area contributed by atoms with Crippen LogP contribution in [-0.4, -0.2) is 99.6 Å². The van der Waals surface area contributed by atoms with Gasteiger partial charge in [0, 0.05) is 98.2 Å². The molecular weight excluding hydrogens is 1710 g/mol. The minimum atomic E-state index is -1.01. The highest BCUT2D eigenvalue weighted by Gasteiger charge is 2.22. The number of amides is 3. The van der Waals surface area contributed by atoms with Gasteiger partial charge in [-0.05, 0) is 314 Å². The van der Waals surface area contributed by atoms with Crippen molar-refractivity contribution >= 4 is 87.6 Å². The van der Waals surface area contributed by atoms with Gasteiger partial charge in [-0.3, -0.25) is 47.9 Å². The number of Topliss-reactive ketones (excluding diaryl/α,β-unsaturated/α-hetero) is 2. The van der Waals surface area contributed by atoms with Gasteiger partial charge in [-0.25, -0.2) is 39.5 Å². The number of benzene rings is 9. The van der Waals surface area contributed by atoms with Crippen molar-refractivity contribution in [2.45, 2.75) is 224 Å². The highest BCUT2D eigenvalue weighted by atomic mass is 19.2. The first-order valence-electron chi connectivity index (χ1n) is 42.5. The second-order valence-electron chi connectivity index (χ2n) is 31.5. The molecule has 1 aliphatic heterocycles. The molecule has 0 aromatic heterocycles. The van der Waals surface area contributed by atoms with Crippen LogP contribution in [0.2, 0.25) is 0 Å². The SMILES string of the molecule is CC(=O)Nc1cc(F)c(C)cc1CCCC(=O)O.COC(=O)CCCc1cc(C)c(F)cc1N.COC(=O)CCCc1cc(C)c(F)cc1NC(C)=O.Cc1cc(C(=O)CCC(=O)O)ccc1F.Cc1cc(CCCC(=O)O)ccc1F.Cc1cc2c(cc1F)/C(=N/O)CCC2.Cc1cc2c(cc1F)C(=O)CCC2.Cc1cc2c(cc1F)NC(=O)CCC2.Cc1ccccc1F. The number of halogens is 9. The number of nitrogens with two attached hydrogens (primary N) is 1. The molecule has 9 N–H and O–H groups in total. The summed E-state index contributed by atoms with van der Waals surface area (Å²) >= 11 is 0. The number of hydrogen-bond acceptors (Lipinski definition) is 15. The average molecular weight is 1830 g/mol. The molecule has 0 bridgehead atoms. The summed E-state index contributed by atoms with van der Waals surface area (Å²) in [6.07, 6.45) is 12.5. The summed E-state index contributed by atoms with van der Waals surface area (Å²) in [7, 11) is 2.70. The van der Waals surface area contributed by atoms with Gasteiger partial charge in [0.05, 0.1) is 26.4 Å². The van der Waals surface area contributed by atoms with Crippen LogP contribution in [0.1, 0.15) is 232 Å². The molecule has 9 aromatic carbocycles. The number of fused-ring (bicyclic) bond motifs is 3. The number of nitrogens with one attached hydrogen (secondary N) is 3. The average Bonchev–Trinajstić information content (AvgIpc) is 0.968. The van der Waals surface area contributed by atoms with Gasteiger partial charge >= 0.3 is 29.8 Å². The fourth-order valence-electron chi connectivity index (χ4n) is 13.4. The second kappa shape index (κ2) is 56.2. The zero-order chi connectivity index (χ0) is 97.9. The molecular formula is C101H116F9N5O16. The summed E-state index contributed by atoms with van der Waals surface area (Å²) in [6, 6.07) is 34.3. The van der Waals surface area contributed by atoms with Crippen molar-refractivity contribution in [1.82, 2.24) is 0 Å². The van der Waals surface area contributed by atoms with Gasteiger partial charge in [0.2, 0.25) is 17.7 Å². The van der Waals surface area contributed by atoms with E-state index in [4.69, 9.17) is 26.3 Å². The topological polar surface area (TPSA) is 345 Å². The number of oxime groups is 1. The van der Waals surface area contributed by atoms with E-state index in [0.717, 1.165) is 89.5 Å². The molecule has 0 saturated heterocycles. The zero-order valence-electron chi connectivity index (χ0n) is 76.1. The largest absolute Gasteiger partial charge is 0.481 e. The number of carboxylic acids is 3. The number of carbonyl (C=O) groups is 10. The van der Waals surface area contributed by atoms with E-state index in [0.29, 0.717) is 167 Å². The Bertz CT molecular complexity index is 5500. The minimum absolute atomic E-state index is 0.0213. The lowest BCUT2D eigenvalue weighted by Crippen LogP contribution is -2.12. The van der Waals surface area contributed by atoms with E-state index in [1.165, 1.54) is 94.8 Å². The lowest BCUT2D eigenvalue weighted by molar-refractivity contribution is -0.141. The van der Waals surface area contributed by atoms with Crippen molar-refractivity contribution in [3.63, 3.8) is 0 Å². The van der Waals surface area contributed by atoms with Gasteiger partial charge in [-0.1, -0.05) is 71.9 Å². The Hall–Kier alpha value is -13.3. The van der Waals surface area contributed by atoms with Crippen LogP contribution in [0.4, 0.5) is 62.3 Å². The number of ether oxygens (including phenoxy) is 2. The van der Waals surface area contributed by atoms with Gasteiger partial charge < -0.3 is 51.7 Å². The molecule has 21 nitrogen and oxygen atoms in total. The number of carbonyl (C=O) groups excluding carboxylic acids is 7. The lowest BCUT2D eigenvalue weighted by Gasteiger charge is -2.17. The molecule has 3 aliphatic rings. The van der Waals surface area contributed by atoms with Crippen molar-refractivity contribution in [2.24, 2.45) is 5.16 Å². The molecule has 131 heavy (non-hydrogen) atoms. The standard InChI is InChI=1S/C14H18FNO3.C13H16FNO3.C12H16FNO2.2C11H12FNO.C11H11FO3.C11H13FO2.C11H11FO.C7H7F/c1-9-7-11(5-4-6-14(18)19-3)13(8-12(9)15)16-10(2)17;1-8-6-10(4-3-5-13(17)18)12(7-11(8)14)15-9(2)16;1-8-6-9(11(14)7-10(8)13)4-3-5-12(15)16-2;1-7-5-8-3-2-4-11(13-14)9(8)6-10(7)12;1-7-5-8-3-2-4-11(14)13-10(8)6-9(7)12;1-7-6-8(2-3-9(7)12)10(13)4-5-11(14)15;1-8-7-9(5-6-10(8)12)3-2-4-11(13)14;1-7-5-8-3-2-4-11(13)9(8)6-10(7)12;1-6-4-2-3-5-7(6)8/h7-8H,4-6H2,1-3H3,(H,16,17);6-7H,3-5H2,1-2H3,(H,15,16)(H,17,18);6-7H,3-5,14H2,1-2H3;5-6,14H,2-4H2,1H3;5-6H,2-4H2,1H3,(H,13,14);2-3,6H,4-5H2,1H3,(H,14,15);5-7H,2-4H2,1H3,(H,13,14);5-6H,2-4H2,1H3;2-5H,1H3/b;;;13-11+;;;;;. The van der Waals surface area contributed by atoms with E-state index in [9.17, 15) is 87.5 Å². The molecule has 704 valence electrons. The number of carboxylic acid groups (broad SMARTS) is 3. The monoisotopic (exact) mass is 1830 g/mol. The molecule has 0 spiro atoms. The fraction of sp³-hybridized carbons (Fsp3) is 0.356. The number of aryl methyl sites for hydroxylation is 16.